The van der Waals surface area contributed by atoms with Gasteiger partial charge in [0.1, 0.15) is 5.75 Å². The SMILES string of the molecule is CCCCCCCOc1ccc(CCCN2CCCC2)cc1. The van der Waals surface area contributed by atoms with E-state index in [-0.39, 0.29) is 0 Å². The van der Waals surface area contributed by atoms with Gasteiger partial charge in [0, 0.05) is 0 Å². The van der Waals surface area contributed by atoms with Gasteiger partial charge in [0.2, 0.25) is 0 Å². The zero-order chi connectivity index (χ0) is 15.5. The van der Waals surface area contributed by atoms with E-state index in [1.165, 1.54) is 83.0 Å². The molecule has 1 heterocycles. The zero-order valence-corrected chi connectivity index (χ0v) is 14.4. The van der Waals surface area contributed by atoms with Crippen molar-refractivity contribution in [1.82, 2.24) is 4.90 Å². The van der Waals surface area contributed by atoms with E-state index >= 15 is 0 Å². The van der Waals surface area contributed by atoms with Crippen molar-refractivity contribution in [3.63, 3.8) is 0 Å². The molecule has 0 saturated carbocycles. The summed E-state index contributed by atoms with van der Waals surface area (Å²) in [5.41, 5.74) is 1.44. The quantitative estimate of drug-likeness (QED) is 0.530. The van der Waals surface area contributed by atoms with Crippen LogP contribution < -0.4 is 4.74 Å². The molecule has 1 saturated heterocycles. The first-order chi connectivity index (χ1) is 10.9. The van der Waals surface area contributed by atoms with Crippen molar-refractivity contribution >= 4 is 0 Å². The number of ether oxygens (including phenoxy) is 1. The molecule has 2 nitrogen and oxygen atoms in total. The highest BCUT2D eigenvalue weighted by molar-refractivity contribution is 5.27. The van der Waals surface area contributed by atoms with Crippen LogP contribution in [0.1, 0.15) is 63.9 Å². The van der Waals surface area contributed by atoms with E-state index < -0.39 is 0 Å². The van der Waals surface area contributed by atoms with Crippen LogP contribution in [-0.4, -0.2) is 31.1 Å². The van der Waals surface area contributed by atoms with Crippen LogP contribution in [0.25, 0.3) is 0 Å². The molecule has 0 radical (unpaired) electrons. The van der Waals surface area contributed by atoms with Crippen molar-refractivity contribution in [2.75, 3.05) is 26.2 Å². The Morgan fingerprint density at radius 2 is 1.64 bits per heavy atom. The van der Waals surface area contributed by atoms with Crippen LogP contribution in [0.4, 0.5) is 0 Å². The highest BCUT2D eigenvalue weighted by atomic mass is 16.5. The lowest BCUT2D eigenvalue weighted by molar-refractivity contribution is 0.304. The van der Waals surface area contributed by atoms with Gasteiger partial charge in [-0.3, -0.25) is 0 Å². The van der Waals surface area contributed by atoms with E-state index in [1.807, 2.05) is 0 Å². The van der Waals surface area contributed by atoms with Crippen LogP contribution >= 0.6 is 0 Å². The zero-order valence-electron chi connectivity index (χ0n) is 14.4. The Balaban J connectivity index is 1.56. The molecule has 1 aromatic rings. The summed E-state index contributed by atoms with van der Waals surface area (Å²) in [5, 5.41) is 0. The highest BCUT2D eigenvalue weighted by Gasteiger charge is 2.10. The van der Waals surface area contributed by atoms with E-state index in [0.717, 1.165) is 12.4 Å². The molecule has 2 rings (SSSR count). The van der Waals surface area contributed by atoms with Gasteiger partial charge in [-0.05, 0) is 69.4 Å². The van der Waals surface area contributed by atoms with Crippen molar-refractivity contribution in [3.8, 4) is 5.75 Å². The summed E-state index contributed by atoms with van der Waals surface area (Å²) in [6.45, 7) is 6.99. The lowest BCUT2D eigenvalue weighted by Crippen LogP contribution is -2.20. The van der Waals surface area contributed by atoms with Gasteiger partial charge in [-0.1, -0.05) is 44.7 Å². The van der Waals surface area contributed by atoms with Gasteiger partial charge in [0.05, 0.1) is 6.61 Å². The fourth-order valence-corrected chi connectivity index (χ4v) is 3.16. The summed E-state index contributed by atoms with van der Waals surface area (Å²) in [6, 6.07) is 8.74. The fraction of sp³-hybridized carbons (Fsp3) is 0.700. The molecule has 0 spiro atoms. The number of unbranched alkanes of at least 4 members (excludes halogenated alkanes) is 4. The first kappa shape index (κ1) is 17.3. The summed E-state index contributed by atoms with van der Waals surface area (Å²) in [4.78, 5) is 2.59. The first-order valence-electron chi connectivity index (χ1n) is 9.32. The van der Waals surface area contributed by atoms with Gasteiger partial charge in [0.25, 0.3) is 0 Å². The standard InChI is InChI=1S/C20H33NO/c1-2-3-4-5-8-18-22-20-13-11-19(12-14-20)10-9-17-21-15-6-7-16-21/h11-14H,2-10,15-18H2,1H3. The van der Waals surface area contributed by atoms with Gasteiger partial charge in [-0.25, -0.2) is 0 Å². The second kappa shape index (κ2) is 10.7. The van der Waals surface area contributed by atoms with Crippen molar-refractivity contribution in [1.29, 1.82) is 0 Å². The molecule has 0 aliphatic carbocycles. The summed E-state index contributed by atoms with van der Waals surface area (Å²) in [7, 11) is 0. The number of aryl methyl sites for hydroxylation is 1. The molecule has 0 N–H and O–H groups in total. The second-order valence-corrected chi connectivity index (χ2v) is 6.56. The minimum atomic E-state index is 0.859. The summed E-state index contributed by atoms with van der Waals surface area (Å²) in [6.07, 6.45) is 11.7. The van der Waals surface area contributed by atoms with Crippen LogP contribution in [0, 0.1) is 0 Å². The third-order valence-electron chi connectivity index (χ3n) is 4.58. The van der Waals surface area contributed by atoms with Gasteiger partial charge in [0.15, 0.2) is 0 Å². The van der Waals surface area contributed by atoms with Crippen molar-refractivity contribution < 1.29 is 4.74 Å². The molecule has 124 valence electrons. The Bertz CT molecular complexity index is 381. The summed E-state index contributed by atoms with van der Waals surface area (Å²) < 4.78 is 5.82. The Morgan fingerprint density at radius 3 is 2.36 bits per heavy atom. The lowest BCUT2D eigenvalue weighted by Gasteiger charge is -2.14. The molecule has 0 amide bonds. The summed E-state index contributed by atoms with van der Waals surface area (Å²) >= 11 is 0. The molecule has 1 aromatic carbocycles. The van der Waals surface area contributed by atoms with Crippen molar-refractivity contribution in [2.45, 2.75) is 64.7 Å². The van der Waals surface area contributed by atoms with E-state index in [0.29, 0.717) is 0 Å². The predicted octanol–water partition coefficient (Wildman–Crippen LogP) is 5.06. The molecule has 22 heavy (non-hydrogen) atoms. The molecular formula is C20H33NO. The minimum Gasteiger partial charge on any atom is -0.494 e. The molecule has 0 atom stereocenters. The largest absolute Gasteiger partial charge is 0.494 e. The third-order valence-corrected chi connectivity index (χ3v) is 4.58. The molecule has 0 unspecified atom stereocenters. The average molecular weight is 303 g/mol. The van der Waals surface area contributed by atoms with Crippen LogP contribution in [0.3, 0.4) is 0 Å². The maximum absolute atomic E-state index is 5.82. The fourth-order valence-electron chi connectivity index (χ4n) is 3.16. The van der Waals surface area contributed by atoms with Crippen LogP contribution in [0.15, 0.2) is 24.3 Å². The minimum absolute atomic E-state index is 0.859. The average Bonchev–Trinajstić information content (AvgIpc) is 3.05. The molecule has 0 bridgehead atoms. The van der Waals surface area contributed by atoms with E-state index in [9.17, 15) is 0 Å². The summed E-state index contributed by atoms with van der Waals surface area (Å²) in [5.74, 6) is 1.03. The van der Waals surface area contributed by atoms with Crippen molar-refractivity contribution in [3.05, 3.63) is 29.8 Å². The molecule has 0 aromatic heterocycles. The number of nitrogens with zero attached hydrogens (tertiary/aromatic N) is 1. The van der Waals surface area contributed by atoms with Crippen LogP contribution in [-0.2, 0) is 6.42 Å². The molecule has 1 aliphatic heterocycles. The topological polar surface area (TPSA) is 12.5 Å². The van der Waals surface area contributed by atoms with Gasteiger partial charge in [-0.15, -0.1) is 0 Å². The predicted molar refractivity (Wildman–Crippen MR) is 94.7 cm³/mol. The van der Waals surface area contributed by atoms with Crippen molar-refractivity contribution in [2.24, 2.45) is 0 Å². The Labute approximate surface area is 136 Å². The second-order valence-electron chi connectivity index (χ2n) is 6.56. The maximum Gasteiger partial charge on any atom is 0.119 e. The number of hydrogen-bond acceptors (Lipinski definition) is 2. The van der Waals surface area contributed by atoms with E-state index in [1.54, 1.807) is 0 Å². The molecule has 2 heteroatoms. The number of benzene rings is 1. The first-order valence-corrected chi connectivity index (χ1v) is 9.32. The smallest absolute Gasteiger partial charge is 0.119 e. The third kappa shape index (κ3) is 6.83. The van der Waals surface area contributed by atoms with Gasteiger partial charge < -0.3 is 9.64 Å². The van der Waals surface area contributed by atoms with Crippen LogP contribution in [0.5, 0.6) is 5.75 Å². The number of hydrogen-bond donors (Lipinski definition) is 0. The highest BCUT2D eigenvalue weighted by Crippen LogP contribution is 2.15. The normalized spacial score (nSPS) is 15.3. The maximum atomic E-state index is 5.82. The number of likely N-dealkylation sites (tertiary alicyclic amines) is 1. The molecular weight excluding hydrogens is 270 g/mol. The van der Waals surface area contributed by atoms with E-state index in [2.05, 4.69) is 36.1 Å². The Kier molecular flexibility index (Phi) is 8.40. The molecule has 1 fully saturated rings. The van der Waals surface area contributed by atoms with Gasteiger partial charge in [-0.2, -0.15) is 0 Å². The van der Waals surface area contributed by atoms with Gasteiger partial charge >= 0.3 is 0 Å². The van der Waals surface area contributed by atoms with Crippen LogP contribution in [0.2, 0.25) is 0 Å². The Hall–Kier alpha value is -1.02. The lowest BCUT2D eigenvalue weighted by atomic mass is 10.1. The molecule has 1 aliphatic rings. The monoisotopic (exact) mass is 303 g/mol. The Morgan fingerprint density at radius 1 is 0.909 bits per heavy atom. The van der Waals surface area contributed by atoms with E-state index in [4.69, 9.17) is 4.74 Å². The number of rotatable bonds is 11.